The first kappa shape index (κ1) is 17.8. The molecule has 0 atom stereocenters. The van der Waals surface area contributed by atoms with E-state index in [1.807, 2.05) is 38.3 Å². The minimum Gasteiger partial charge on any atom is -0.496 e. The molecule has 0 aliphatic carbocycles. The van der Waals surface area contributed by atoms with Crippen molar-refractivity contribution >= 4 is 32.3 Å². The Bertz CT molecular complexity index is 1210. The molecule has 0 aliphatic heterocycles. The van der Waals surface area contributed by atoms with Crippen LogP contribution in [0.3, 0.4) is 0 Å². The minimum atomic E-state index is -0.399. The van der Waals surface area contributed by atoms with Crippen molar-refractivity contribution in [3.8, 4) is 16.9 Å². The fourth-order valence-electron chi connectivity index (χ4n) is 3.58. The third-order valence-electron chi connectivity index (χ3n) is 5.01. The predicted molar refractivity (Wildman–Crippen MR) is 114 cm³/mol. The number of H-pyrrole nitrogens is 1. The normalized spacial score (nSPS) is 12.0. The van der Waals surface area contributed by atoms with Gasteiger partial charge in [0.1, 0.15) is 10.4 Å². The summed E-state index contributed by atoms with van der Waals surface area (Å²) in [7, 11) is 1.68. The van der Waals surface area contributed by atoms with Crippen LogP contribution in [0.4, 0.5) is 0 Å². The van der Waals surface area contributed by atoms with Crippen molar-refractivity contribution in [2.45, 2.75) is 26.3 Å². The highest BCUT2D eigenvalue weighted by Crippen LogP contribution is 2.41. The van der Waals surface area contributed by atoms with Gasteiger partial charge in [0.15, 0.2) is 0 Å². The van der Waals surface area contributed by atoms with E-state index < -0.39 is 5.54 Å². The van der Waals surface area contributed by atoms with E-state index in [0.29, 0.717) is 0 Å². The van der Waals surface area contributed by atoms with Crippen LogP contribution in [-0.2, 0) is 5.54 Å². The average Bonchev–Trinajstić information content (AvgIpc) is 3.12. The van der Waals surface area contributed by atoms with Crippen LogP contribution in [0.5, 0.6) is 5.75 Å². The van der Waals surface area contributed by atoms with E-state index in [-0.39, 0.29) is 5.56 Å². The quantitative estimate of drug-likeness (QED) is 0.532. The van der Waals surface area contributed by atoms with Gasteiger partial charge < -0.3 is 15.5 Å². The maximum absolute atomic E-state index is 12.5. The maximum Gasteiger partial charge on any atom is 0.266 e. The minimum absolute atomic E-state index is 0.0491. The Labute approximate surface area is 161 Å². The Hall–Kier alpha value is -2.63. The van der Waals surface area contributed by atoms with Gasteiger partial charge in [0.05, 0.1) is 12.6 Å². The summed E-state index contributed by atoms with van der Waals surface area (Å²) in [5.41, 5.74) is 10.7. The molecule has 0 radical (unpaired) electrons. The third kappa shape index (κ3) is 2.83. The zero-order valence-corrected chi connectivity index (χ0v) is 16.7. The van der Waals surface area contributed by atoms with Gasteiger partial charge in [0.2, 0.25) is 0 Å². The molecule has 0 amide bonds. The van der Waals surface area contributed by atoms with Crippen molar-refractivity contribution in [2.75, 3.05) is 7.11 Å². The molecule has 2 heterocycles. The van der Waals surface area contributed by atoms with Crippen LogP contribution in [0, 0.1) is 6.92 Å². The molecule has 2 aromatic carbocycles. The van der Waals surface area contributed by atoms with Gasteiger partial charge in [-0.05, 0) is 55.0 Å². The average molecular weight is 378 g/mol. The van der Waals surface area contributed by atoms with Crippen molar-refractivity contribution in [1.82, 2.24) is 4.98 Å². The van der Waals surface area contributed by atoms with E-state index in [2.05, 4.69) is 29.2 Å². The number of methoxy groups -OCH3 is 1. The van der Waals surface area contributed by atoms with Crippen molar-refractivity contribution in [3.63, 3.8) is 0 Å². The number of pyridine rings is 1. The second kappa shape index (κ2) is 6.22. The van der Waals surface area contributed by atoms with Gasteiger partial charge in [-0.2, -0.15) is 0 Å². The van der Waals surface area contributed by atoms with Crippen molar-refractivity contribution in [3.05, 3.63) is 63.3 Å². The highest BCUT2D eigenvalue weighted by molar-refractivity contribution is 7.17. The Morgan fingerprint density at radius 1 is 1.15 bits per heavy atom. The number of aromatic nitrogens is 1. The number of hydrogen-bond acceptors (Lipinski definition) is 4. The summed E-state index contributed by atoms with van der Waals surface area (Å²) in [5.74, 6) is 0.791. The predicted octanol–water partition coefficient (Wildman–Crippen LogP) is 4.92. The van der Waals surface area contributed by atoms with Crippen molar-refractivity contribution < 1.29 is 4.74 Å². The molecule has 0 fully saturated rings. The van der Waals surface area contributed by atoms with E-state index in [0.717, 1.165) is 49.0 Å². The molecule has 4 nitrogen and oxygen atoms in total. The van der Waals surface area contributed by atoms with Crippen molar-refractivity contribution in [1.29, 1.82) is 0 Å². The second-order valence-corrected chi connectivity index (χ2v) is 8.35. The second-order valence-electron chi connectivity index (χ2n) is 7.44. The summed E-state index contributed by atoms with van der Waals surface area (Å²) < 4.78 is 6.46. The molecule has 0 saturated heterocycles. The number of nitrogens with two attached hydrogens (primary N) is 1. The third-order valence-corrected chi connectivity index (χ3v) is 5.92. The number of fused-ring (bicyclic) bond motifs is 3. The summed E-state index contributed by atoms with van der Waals surface area (Å²) in [4.78, 5) is 15.5. The lowest BCUT2D eigenvalue weighted by Crippen LogP contribution is -2.28. The van der Waals surface area contributed by atoms with Gasteiger partial charge in [-0.1, -0.05) is 24.3 Å². The van der Waals surface area contributed by atoms with Crippen LogP contribution in [-0.4, -0.2) is 12.1 Å². The number of nitrogens with one attached hydrogen (secondary N) is 1. The Morgan fingerprint density at radius 3 is 2.48 bits per heavy atom. The van der Waals surface area contributed by atoms with Gasteiger partial charge in [-0.25, -0.2) is 0 Å². The van der Waals surface area contributed by atoms with Crippen LogP contribution in [0.1, 0.15) is 25.0 Å². The molecule has 0 saturated carbocycles. The van der Waals surface area contributed by atoms with Crippen LogP contribution in [0.15, 0.2) is 46.6 Å². The largest absolute Gasteiger partial charge is 0.496 e. The molecule has 27 heavy (non-hydrogen) atoms. The summed E-state index contributed by atoms with van der Waals surface area (Å²) in [6, 6.07) is 12.2. The molecule has 0 unspecified atom stereocenters. The molecule has 0 aliphatic rings. The number of ether oxygens (including phenoxy) is 1. The van der Waals surface area contributed by atoms with E-state index >= 15 is 0 Å². The molecular weight excluding hydrogens is 356 g/mol. The Kier molecular flexibility index (Phi) is 4.09. The summed E-state index contributed by atoms with van der Waals surface area (Å²) >= 11 is 1.46. The number of aryl methyl sites for hydroxylation is 1. The molecule has 4 rings (SSSR count). The lowest BCUT2D eigenvalue weighted by Gasteiger charge is -2.20. The first-order chi connectivity index (χ1) is 12.8. The first-order valence-corrected chi connectivity index (χ1v) is 9.70. The standard InChI is InChI=1S/C22H22N2O2S/c1-12-11-16(26-4)17(13-5-7-14(8-6-13)22(2,3)23)18-15-9-10-27-20(15)21(25)24-19(12)18/h5-11H,23H2,1-4H3,(H,24,25). The molecule has 0 bridgehead atoms. The Balaban J connectivity index is 2.12. The number of hydrogen-bond donors (Lipinski definition) is 2. The zero-order valence-electron chi connectivity index (χ0n) is 15.8. The van der Waals surface area contributed by atoms with E-state index in [1.54, 1.807) is 7.11 Å². The molecule has 3 N–H and O–H groups in total. The molecular formula is C22H22N2O2S. The summed E-state index contributed by atoms with van der Waals surface area (Å²) in [6.45, 7) is 5.97. The number of rotatable bonds is 3. The van der Waals surface area contributed by atoms with E-state index in [4.69, 9.17) is 10.5 Å². The van der Waals surface area contributed by atoms with E-state index in [1.165, 1.54) is 11.3 Å². The zero-order chi connectivity index (χ0) is 19.3. The van der Waals surface area contributed by atoms with E-state index in [9.17, 15) is 4.79 Å². The fraction of sp³-hybridized carbons (Fsp3) is 0.227. The molecule has 5 heteroatoms. The van der Waals surface area contributed by atoms with Gasteiger partial charge in [0, 0.05) is 21.9 Å². The van der Waals surface area contributed by atoms with Crippen LogP contribution in [0.25, 0.3) is 32.1 Å². The summed E-state index contributed by atoms with van der Waals surface area (Å²) in [5, 5.41) is 3.93. The highest BCUT2D eigenvalue weighted by Gasteiger charge is 2.19. The molecule has 4 aromatic rings. The van der Waals surface area contributed by atoms with Crippen LogP contribution >= 0.6 is 11.3 Å². The number of aromatic amines is 1. The van der Waals surface area contributed by atoms with Gasteiger partial charge in [-0.3, -0.25) is 4.79 Å². The smallest absolute Gasteiger partial charge is 0.266 e. The van der Waals surface area contributed by atoms with Crippen molar-refractivity contribution in [2.24, 2.45) is 5.73 Å². The number of thiophene rings is 1. The van der Waals surface area contributed by atoms with Gasteiger partial charge in [0.25, 0.3) is 5.56 Å². The lowest BCUT2D eigenvalue weighted by molar-refractivity contribution is 0.416. The van der Waals surface area contributed by atoms with Gasteiger partial charge >= 0.3 is 0 Å². The SMILES string of the molecule is COc1cc(C)c2[nH]c(=O)c3sccc3c2c1-c1ccc(C(C)(C)N)cc1. The van der Waals surface area contributed by atoms with Gasteiger partial charge in [-0.15, -0.1) is 11.3 Å². The molecule has 0 spiro atoms. The lowest BCUT2D eigenvalue weighted by atomic mass is 9.91. The first-order valence-electron chi connectivity index (χ1n) is 8.82. The highest BCUT2D eigenvalue weighted by atomic mass is 32.1. The summed E-state index contributed by atoms with van der Waals surface area (Å²) in [6.07, 6.45) is 0. The monoisotopic (exact) mass is 378 g/mol. The van der Waals surface area contributed by atoms with Crippen LogP contribution in [0.2, 0.25) is 0 Å². The molecule has 138 valence electrons. The Morgan fingerprint density at radius 2 is 1.85 bits per heavy atom. The maximum atomic E-state index is 12.5. The molecule has 2 aromatic heterocycles. The van der Waals surface area contributed by atoms with Crippen LogP contribution < -0.4 is 16.0 Å². The number of benzene rings is 2. The topological polar surface area (TPSA) is 68.1 Å². The fourth-order valence-corrected chi connectivity index (χ4v) is 4.38.